The van der Waals surface area contributed by atoms with Gasteiger partial charge >= 0.3 is 0 Å². The highest BCUT2D eigenvalue weighted by Crippen LogP contribution is 2.34. The fourth-order valence-corrected chi connectivity index (χ4v) is 3.70. The van der Waals surface area contributed by atoms with E-state index in [-0.39, 0.29) is 0 Å². The van der Waals surface area contributed by atoms with E-state index >= 15 is 0 Å². The number of hydrogen-bond donors (Lipinski definition) is 0. The second kappa shape index (κ2) is 10.5. The lowest BCUT2D eigenvalue weighted by Gasteiger charge is -1.92. The molecule has 0 aromatic carbocycles. The maximum Gasteiger partial charge on any atom is 0.0225 e. The molecule has 0 heterocycles. The SMILES string of the molecule is C/C=C/CSSSC/C=C/C. The minimum atomic E-state index is 1.12. The Morgan fingerprint density at radius 3 is 1.73 bits per heavy atom. The summed E-state index contributed by atoms with van der Waals surface area (Å²) >= 11 is 0. The monoisotopic (exact) mass is 206 g/mol. The molecular weight excluding hydrogens is 192 g/mol. The average molecular weight is 206 g/mol. The van der Waals surface area contributed by atoms with Gasteiger partial charge in [0, 0.05) is 11.5 Å². The van der Waals surface area contributed by atoms with Crippen molar-refractivity contribution in [2.24, 2.45) is 0 Å². The number of hydrogen-bond acceptors (Lipinski definition) is 3. The normalized spacial score (nSPS) is 11.8. The first-order valence-electron chi connectivity index (χ1n) is 3.55. The van der Waals surface area contributed by atoms with E-state index in [9.17, 15) is 0 Å². The molecule has 0 amide bonds. The van der Waals surface area contributed by atoms with Crippen LogP contribution >= 0.6 is 31.4 Å². The predicted molar refractivity (Wildman–Crippen MR) is 62.1 cm³/mol. The van der Waals surface area contributed by atoms with Crippen LogP contribution in [0.5, 0.6) is 0 Å². The van der Waals surface area contributed by atoms with Gasteiger partial charge in [0.25, 0.3) is 0 Å². The largest absolute Gasteiger partial charge is 0.0908 e. The van der Waals surface area contributed by atoms with E-state index < -0.39 is 0 Å². The van der Waals surface area contributed by atoms with Crippen molar-refractivity contribution in [3.8, 4) is 0 Å². The maximum absolute atomic E-state index is 2.17. The Kier molecular flexibility index (Phi) is 11.0. The molecule has 0 radical (unpaired) electrons. The van der Waals surface area contributed by atoms with E-state index in [1.807, 2.05) is 31.4 Å². The lowest BCUT2D eigenvalue weighted by Crippen LogP contribution is -1.64. The molecule has 0 aliphatic heterocycles. The van der Waals surface area contributed by atoms with E-state index in [1.54, 1.807) is 0 Å². The average Bonchev–Trinajstić information content (AvgIpc) is 2.03. The van der Waals surface area contributed by atoms with Crippen LogP contribution in [0.3, 0.4) is 0 Å². The van der Waals surface area contributed by atoms with Crippen LogP contribution in [0.1, 0.15) is 13.8 Å². The van der Waals surface area contributed by atoms with Crippen LogP contribution < -0.4 is 0 Å². The van der Waals surface area contributed by atoms with Crippen molar-refractivity contribution in [2.45, 2.75) is 13.8 Å². The molecule has 0 spiro atoms. The Balaban J connectivity index is 2.90. The van der Waals surface area contributed by atoms with Crippen molar-refractivity contribution < 1.29 is 0 Å². The summed E-state index contributed by atoms with van der Waals surface area (Å²) in [5, 5.41) is 0. The molecule has 0 aliphatic rings. The van der Waals surface area contributed by atoms with E-state index in [4.69, 9.17) is 0 Å². The summed E-state index contributed by atoms with van der Waals surface area (Å²) in [6.07, 6.45) is 8.52. The van der Waals surface area contributed by atoms with Crippen molar-refractivity contribution in [2.75, 3.05) is 11.5 Å². The fraction of sp³-hybridized carbons (Fsp3) is 0.500. The summed E-state index contributed by atoms with van der Waals surface area (Å²) < 4.78 is 0. The Labute approximate surface area is 81.1 Å². The first-order valence-corrected chi connectivity index (χ1v) is 7.37. The van der Waals surface area contributed by atoms with Gasteiger partial charge in [-0.1, -0.05) is 45.9 Å². The Morgan fingerprint density at radius 2 is 1.36 bits per heavy atom. The van der Waals surface area contributed by atoms with Gasteiger partial charge in [0.1, 0.15) is 0 Å². The molecule has 0 rings (SSSR count). The van der Waals surface area contributed by atoms with E-state index in [0.717, 1.165) is 11.5 Å². The Morgan fingerprint density at radius 1 is 0.909 bits per heavy atom. The van der Waals surface area contributed by atoms with Gasteiger partial charge in [-0.25, -0.2) is 0 Å². The van der Waals surface area contributed by atoms with Crippen LogP contribution in [-0.4, -0.2) is 11.5 Å². The van der Waals surface area contributed by atoms with Crippen molar-refractivity contribution in [3.63, 3.8) is 0 Å². The maximum atomic E-state index is 2.17. The highest BCUT2D eigenvalue weighted by Gasteiger charge is 1.85. The number of allylic oxidation sites excluding steroid dienone is 2. The summed E-state index contributed by atoms with van der Waals surface area (Å²) in [4.78, 5) is 0. The summed E-state index contributed by atoms with van der Waals surface area (Å²) in [7, 11) is 5.64. The van der Waals surface area contributed by atoms with Crippen LogP contribution in [0.2, 0.25) is 0 Å². The minimum absolute atomic E-state index is 1.12. The highest BCUT2D eigenvalue weighted by molar-refractivity contribution is 9.09. The number of rotatable bonds is 6. The molecule has 3 heteroatoms. The zero-order chi connectivity index (χ0) is 8.36. The molecule has 0 bridgehead atoms. The standard InChI is InChI=1S/C8H14S3/c1-3-5-7-9-11-10-8-6-4-2/h3-6H,7-8H2,1-2H3/b5-3+,6-4+. The topological polar surface area (TPSA) is 0 Å². The van der Waals surface area contributed by atoms with E-state index in [1.165, 1.54) is 0 Å². The minimum Gasteiger partial charge on any atom is -0.0908 e. The second-order valence-electron chi connectivity index (χ2n) is 1.78. The zero-order valence-electron chi connectivity index (χ0n) is 6.95. The first kappa shape index (κ1) is 11.5. The summed E-state index contributed by atoms with van der Waals surface area (Å²) in [5.41, 5.74) is 0. The van der Waals surface area contributed by atoms with Gasteiger partial charge in [-0.3, -0.25) is 0 Å². The lowest BCUT2D eigenvalue weighted by molar-refractivity contribution is 1.66. The molecule has 0 unspecified atom stereocenters. The Bertz CT molecular complexity index is 105. The summed E-state index contributed by atoms with van der Waals surface area (Å²) in [6.45, 7) is 4.11. The quantitative estimate of drug-likeness (QED) is 0.364. The molecule has 0 saturated carbocycles. The smallest absolute Gasteiger partial charge is 0.0225 e. The van der Waals surface area contributed by atoms with Crippen molar-refractivity contribution in [1.82, 2.24) is 0 Å². The third kappa shape index (κ3) is 10.5. The fourth-order valence-electron chi connectivity index (χ4n) is 0.361. The lowest BCUT2D eigenvalue weighted by atomic mass is 10.6. The van der Waals surface area contributed by atoms with Crippen LogP contribution in [0.4, 0.5) is 0 Å². The molecule has 11 heavy (non-hydrogen) atoms. The van der Waals surface area contributed by atoms with E-state index in [0.29, 0.717) is 0 Å². The van der Waals surface area contributed by atoms with E-state index in [2.05, 4.69) is 38.2 Å². The van der Waals surface area contributed by atoms with Gasteiger partial charge in [0.05, 0.1) is 0 Å². The van der Waals surface area contributed by atoms with Gasteiger partial charge in [-0.15, -0.1) is 0 Å². The van der Waals surface area contributed by atoms with Crippen molar-refractivity contribution in [1.29, 1.82) is 0 Å². The third-order valence-electron chi connectivity index (χ3n) is 0.896. The first-order chi connectivity index (χ1) is 5.41. The molecule has 0 nitrogen and oxygen atoms in total. The van der Waals surface area contributed by atoms with Gasteiger partial charge in [-0.2, -0.15) is 0 Å². The summed E-state index contributed by atoms with van der Waals surface area (Å²) in [6, 6.07) is 0. The molecular formula is C8H14S3. The van der Waals surface area contributed by atoms with Gasteiger partial charge in [0.2, 0.25) is 0 Å². The zero-order valence-corrected chi connectivity index (χ0v) is 9.40. The van der Waals surface area contributed by atoms with Gasteiger partial charge in [0.15, 0.2) is 0 Å². The van der Waals surface area contributed by atoms with Crippen LogP contribution in [-0.2, 0) is 0 Å². The molecule has 0 aromatic heterocycles. The third-order valence-corrected chi connectivity index (χ3v) is 4.87. The van der Waals surface area contributed by atoms with Crippen LogP contribution in [0, 0.1) is 0 Å². The summed E-state index contributed by atoms with van der Waals surface area (Å²) in [5.74, 6) is 2.23. The van der Waals surface area contributed by atoms with Gasteiger partial charge < -0.3 is 0 Å². The predicted octanol–water partition coefficient (Wildman–Crippen LogP) is 4.17. The Hall–Kier alpha value is 0.530. The molecule has 0 aromatic rings. The van der Waals surface area contributed by atoms with Crippen molar-refractivity contribution >= 4 is 31.4 Å². The molecule has 64 valence electrons. The molecule has 0 atom stereocenters. The van der Waals surface area contributed by atoms with Crippen molar-refractivity contribution in [3.05, 3.63) is 24.3 Å². The highest BCUT2D eigenvalue weighted by atomic mass is 33.5. The molecule has 0 saturated heterocycles. The molecule has 0 fully saturated rings. The second-order valence-corrected chi connectivity index (χ2v) is 6.10. The van der Waals surface area contributed by atoms with Gasteiger partial charge in [-0.05, 0) is 23.7 Å². The molecule has 0 aliphatic carbocycles. The molecule has 0 N–H and O–H groups in total. The van der Waals surface area contributed by atoms with Crippen LogP contribution in [0.25, 0.3) is 0 Å². The van der Waals surface area contributed by atoms with Crippen LogP contribution in [0.15, 0.2) is 24.3 Å².